The number of hydrogen-bond acceptors (Lipinski definition) is 4. The number of aromatic nitrogens is 1. The first kappa shape index (κ1) is 15.0. The number of halogens is 1. The molecule has 0 radical (unpaired) electrons. The van der Waals surface area contributed by atoms with E-state index in [1.165, 1.54) is 12.1 Å². The Balaban J connectivity index is 2.17. The van der Waals surface area contributed by atoms with Gasteiger partial charge in [-0.2, -0.15) is 0 Å². The predicted molar refractivity (Wildman–Crippen MR) is 81.8 cm³/mol. The van der Waals surface area contributed by atoms with E-state index in [9.17, 15) is 8.42 Å². The molecule has 3 N–H and O–H groups in total. The van der Waals surface area contributed by atoms with Crippen molar-refractivity contribution in [1.82, 2.24) is 4.98 Å². The highest BCUT2D eigenvalue weighted by atomic mass is 79.9. The summed E-state index contributed by atoms with van der Waals surface area (Å²) in [7, 11) is -3.68. The highest BCUT2D eigenvalue weighted by Gasteiger charge is 2.10. The Morgan fingerprint density at radius 1 is 1.35 bits per heavy atom. The van der Waals surface area contributed by atoms with Crippen molar-refractivity contribution in [1.29, 1.82) is 0 Å². The molecule has 0 atom stereocenters. The van der Waals surface area contributed by atoms with Crippen LogP contribution in [0.25, 0.3) is 0 Å². The van der Waals surface area contributed by atoms with Gasteiger partial charge in [0.25, 0.3) is 0 Å². The van der Waals surface area contributed by atoms with E-state index in [0.29, 0.717) is 11.0 Å². The first-order valence-electron chi connectivity index (χ1n) is 5.83. The highest BCUT2D eigenvalue weighted by Crippen LogP contribution is 2.25. The minimum atomic E-state index is -3.68. The van der Waals surface area contributed by atoms with Crippen LogP contribution in [0.5, 0.6) is 0 Å². The average Bonchev–Trinajstić information content (AvgIpc) is 2.38. The van der Waals surface area contributed by atoms with Crippen molar-refractivity contribution in [3.05, 3.63) is 52.3 Å². The lowest BCUT2D eigenvalue weighted by Crippen LogP contribution is -2.12. The van der Waals surface area contributed by atoms with Gasteiger partial charge in [-0.15, -0.1) is 0 Å². The topological polar surface area (TPSA) is 85.1 Å². The third kappa shape index (κ3) is 3.56. The second-order valence-electron chi connectivity index (χ2n) is 4.34. The number of benzene rings is 1. The van der Waals surface area contributed by atoms with E-state index in [-0.39, 0.29) is 4.90 Å². The summed E-state index contributed by atoms with van der Waals surface area (Å²) in [5.74, 6) is 0. The normalized spacial score (nSPS) is 11.3. The summed E-state index contributed by atoms with van der Waals surface area (Å²) in [6.45, 7) is 2.62. The van der Waals surface area contributed by atoms with Crippen LogP contribution in [0.3, 0.4) is 0 Å². The SMILES string of the molecule is Cc1ccncc1CNc1ccc(S(N)(=O)=O)cc1Br. The molecule has 1 aromatic carbocycles. The molecule has 2 aromatic rings. The van der Waals surface area contributed by atoms with Crippen LogP contribution >= 0.6 is 15.9 Å². The lowest BCUT2D eigenvalue weighted by atomic mass is 10.1. The molecule has 0 aliphatic carbocycles. The van der Waals surface area contributed by atoms with E-state index in [4.69, 9.17) is 5.14 Å². The van der Waals surface area contributed by atoms with E-state index >= 15 is 0 Å². The molecule has 1 heterocycles. The van der Waals surface area contributed by atoms with E-state index in [1.54, 1.807) is 18.5 Å². The third-order valence-corrected chi connectivity index (χ3v) is 4.45. The number of nitrogens with one attached hydrogen (secondary N) is 1. The van der Waals surface area contributed by atoms with E-state index in [2.05, 4.69) is 26.2 Å². The van der Waals surface area contributed by atoms with Crippen molar-refractivity contribution in [3.63, 3.8) is 0 Å². The molecular weight excluding hydrogens is 342 g/mol. The van der Waals surface area contributed by atoms with E-state index in [0.717, 1.165) is 16.8 Å². The number of pyridine rings is 1. The van der Waals surface area contributed by atoms with E-state index in [1.807, 2.05) is 13.0 Å². The van der Waals surface area contributed by atoms with Crippen LogP contribution in [0.4, 0.5) is 5.69 Å². The second-order valence-corrected chi connectivity index (χ2v) is 6.76. The number of nitrogens with two attached hydrogens (primary N) is 1. The maximum atomic E-state index is 11.2. The number of aryl methyl sites for hydroxylation is 1. The van der Waals surface area contributed by atoms with Gasteiger partial charge in [-0.25, -0.2) is 13.6 Å². The molecule has 106 valence electrons. The molecule has 0 bridgehead atoms. The van der Waals surface area contributed by atoms with Crippen LogP contribution in [-0.4, -0.2) is 13.4 Å². The first-order valence-corrected chi connectivity index (χ1v) is 8.17. The number of primary sulfonamides is 1. The fourth-order valence-corrected chi connectivity index (χ4v) is 2.90. The number of nitrogens with zero attached hydrogens (tertiary/aromatic N) is 1. The molecule has 0 fully saturated rings. The summed E-state index contributed by atoms with van der Waals surface area (Å²) in [6.07, 6.45) is 3.55. The molecule has 0 aliphatic rings. The summed E-state index contributed by atoms with van der Waals surface area (Å²) >= 11 is 3.33. The first-order chi connectivity index (χ1) is 9.38. The Morgan fingerprint density at radius 2 is 2.10 bits per heavy atom. The van der Waals surface area contributed by atoms with Gasteiger partial charge in [0.05, 0.1) is 4.90 Å². The fourth-order valence-electron chi connectivity index (χ4n) is 1.69. The number of rotatable bonds is 4. The van der Waals surface area contributed by atoms with Crippen LogP contribution in [0.15, 0.2) is 46.0 Å². The van der Waals surface area contributed by atoms with Crippen LogP contribution in [0.1, 0.15) is 11.1 Å². The summed E-state index contributed by atoms with van der Waals surface area (Å²) in [6, 6.07) is 6.57. The Bertz CT molecular complexity index is 732. The van der Waals surface area contributed by atoms with Crippen LogP contribution in [-0.2, 0) is 16.6 Å². The standard InChI is InChI=1S/C13H14BrN3O2S/c1-9-4-5-16-7-10(9)8-17-13-3-2-11(6-12(13)14)20(15,18)19/h2-7,17H,8H2,1H3,(H2,15,18,19). The maximum absolute atomic E-state index is 11.2. The smallest absolute Gasteiger partial charge is 0.238 e. The molecule has 1 aromatic heterocycles. The monoisotopic (exact) mass is 355 g/mol. The molecule has 20 heavy (non-hydrogen) atoms. The zero-order valence-electron chi connectivity index (χ0n) is 10.8. The van der Waals surface area contributed by atoms with Crippen molar-refractivity contribution in [3.8, 4) is 0 Å². The fraction of sp³-hybridized carbons (Fsp3) is 0.154. The Labute approximate surface area is 126 Å². The summed E-state index contributed by atoms with van der Waals surface area (Å²) in [4.78, 5) is 4.16. The zero-order chi connectivity index (χ0) is 14.8. The van der Waals surface area contributed by atoms with Crippen LogP contribution in [0, 0.1) is 6.92 Å². The van der Waals surface area contributed by atoms with Crippen molar-refractivity contribution in [2.75, 3.05) is 5.32 Å². The average molecular weight is 356 g/mol. The number of anilines is 1. The minimum absolute atomic E-state index is 0.0764. The van der Waals surface area contributed by atoms with Gasteiger partial charge in [-0.05, 0) is 58.2 Å². The van der Waals surface area contributed by atoms with Crippen molar-refractivity contribution < 1.29 is 8.42 Å². The number of sulfonamides is 1. The van der Waals surface area contributed by atoms with Gasteiger partial charge in [0.15, 0.2) is 0 Å². The molecule has 0 saturated heterocycles. The van der Waals surface area contributed by atoms with Crippen molar-refractivity contribution >= 4 is 31.6 Å². The van der Waals surface area contributed by atoms with Gasteiger partial charge in [0, 0.05) is 29.1 Å². The Hall–Kier alpha value is -1.44. The van der Waals surface area contributed by atoms with Crippen LogP contribution < -0.4 is 10.5 Å². The molecule has 0 aliphatic heterocycles. The molecule has 0 spiro atoms. The molecule has 7 heteroatoms. The summed E-state index contributed by atoms with van der Waals surface area (Å²) in [5.41, 5.74) is 3.01. The molecule has 5 nitrogen and oxygen atoms in total. The van der Waals surface area contributed by atoms with Gasteiger partial charge in [0.2, 0.25) is 10.0 Å². The molecule has 0 amide bonds. The summed E-state index contributed by atoms with van der Waals surface area (Å²) < 4.78 is 23.1. The minimum Gasteiger partial charge on any atom is -0.380 e. The summed E-state index contributed by atoms with van der Waals surface area (Å²) in [5, 5.41) is 8.31. The van der Waals surface area contributed by atoms with E-state index < -0.39 is 10.0 Å². The highest BCUT2D eigenvalue weighted by molar-refractivity contribution is 9.10. The van der Waals surface area contributed by atoms with Gasteiger partial charge >= 0.3 is 0 Å². The quantitative estimate of drug-likeness (QED) is 0.881. The maximum Gasteiger partial charge on any atom is 0.238 e. The molecule has 2 rings (SSSR count). The number of hydrogen-bond donors (Lipinski definition) is 2. The zero-order valence-corrected chi connectivity index (χ0v) is 13.2. The molecule has 0 unspecified atom stereocenters. The van der Waals surface area contributed by atoms with Gasteiger partial charge in [0.1, 0.15) is 0 Å². The van der Waals surface area contributed by atoms with Crippen molar-refractivity contribution in [2.24, 2.45) is 5.14 Å². The molecule has 0 saturated carbocycles. The van der Waals surface area contributed by atoms with Crippen molar-refractivity contribution in [2.45, 2.75) is 18.4 Å². The van der Waals surface area contributed by atoms with Crippen LogP contribution in [0.2, 0.25) is 0 Å². The lowest BCUT2D eigenvalue weighted by Gasteiger charge is -2.11. The molecular formula is C13H14BrN3O2S. The largest absolute Gasteiger partial charge is 0.380 e. The van der Waals surface area contributed by atoms with Gasteiger partial charge in [-0.1, -0.05) is 0 Å². The second kappa shape index (κ2) is 5.90. The van der Waals surface area contributed by atoms with Gasteiger partial charge in [-0.3, -0.25) is 4.98 Å². The van der Waals surface area contributed by atoms with Gasteiger partial charge < -0.3 is 5.32 Å². The Kier molecular flexibility index (Phi) is 4.42. The Morgan fingerprint density at radius 3 is 2.70 bits per heavy atom. The third-order valence-electron chi connectivity index (χ3n) is 2.89. The lowest BCUT2D eigenvalue weighted by molar-refractivity contribution is 0.598. The predicted octanol–water partition coefficient (Wildman–Crippen LogP) is 2.41.